The molecular weight excluding hydrogens is 204 g/mol. The van der Waals surface area contributed by atoms with E-state index in [-0.39, 0.29) is 0 Å². The minimum absolute atomic E-state index is 1.12. The van der Waals surface area contributed by atoms with Crippen LogP contribution in [0.25, 0.3) is 0 Å². The molecule has 1 aromatic carbocycles. The molecule has 0 radical (unpaired) electrons. The maximum Gasteiger partial charge on any atom is -0.0276 e. The number of aryl methyl sites for hydroxylation is 1. The highest BCUT2D eigenvalue weighted by molar-refractivity contribution is 5.14. The number of benzene rings is 1. The summed E-state index contributed by atoms with van der Waals surface area (Å²) in [7, 11) is 0. The second-order valence-electron chi connectivity index (χ2n) is 4.42. The van der Waals surface area contributed by atoms with Crippen LogP contribution in [-0.2, 0) is 6.42 Å². The van der Waals surface area contributed by atoms with Gasteiger partial charge in [-0.1, -0.05) is 48.6 Å². The van der Waals surface area contributed by atoms with Crippen molar-refractivity contribution in [2.45, 2.75) is 44.9 Å². The SMILES string of the molecule is C1=CCCCC1.C=CCCCc1ccccc1. The molecule has 1 aliphatic rings. The lowest BCUT2D eigenvalue weighted by Gasteiger charge is -1.97. The Balaban J connectivity index is 0.000000202. The second-order valence-corrected chi connectivity index (χ2v) is 4.42. The van der Waals surface area contributed by atoms with Gasteiger partial charge in [-0.3, -0.25) is 0 Å². The molecule has 92 valence electrons. The Morgan fingerprint density at radius 3 is 2.12 bits per heavy atom. The standard InChI is InChI=1S/C11H14.C6H10/c1-2-3-5-8-11-9-6-4-7-10-11;1-2-4-6-5-3-1/h2,4,6-7,9-10H,1,3,5,8H2;1-2H,3-6H2. The van der Waals surface area contributed by atoms with Crippen LogP contribution in [0.15, 0.2) is 55.1 Å². The van der Waals surface area contributed by atoms with Gasteiger partial charge in [0.15, 0.2) is 0 Å². The van der Waals surface area contributed by atoms with Crippen molar-refractivity contribution in [2.24, 2.45) is 0 Å². The third-order valence-corrected chi connectivity index (χ3v) is 2.87. The predicted octanol–water partition coefficient (Wildman–Crippen LogP) is 5.31. The molecule has 17 heavy (non-hydrogen) atoms. The largest absolute Gasteiger partial charge is 0.103 e. The Labute approximate surface area is 106 Å². The van der Waals surface area contributed by atoms with E-state index in [1.165, 1.54) is 44.1 Å². The first-order chi connectivity index (χ1) is 8.43. The average Bonchev–Trinajstić information content (AvgIpc) is 2.43. The monoisotopic (exact) mass is 228 g/mol. The highest BCUT2D eigenvalue weighted by Crippen LogP contribution is 2.07. The molecule has 0 fully saturated rings. The molecule has 0 unspecified atom stereocenters. The molecule has 0 saturated carbocycles. The third kappa shape index (κ3) is 7.57. The minimum Gasteiger partial charge on any atom is -0.103 e. The van der Waals surface area contributed by atoms with Crippen LogP contribution in [0.5, 0.6) is 0 Å². The molecule has 0 aliphatic heterocycles. The van der Waals surface area contributed by atoms with E-state index in [1.807, 2.05) is 6.08 Å². The maximum absolute atomic E-state index is 3.69. The quantitative estimate of drug-likeness (QED) is 0.484. The molecule has 0 atom stereocenters. The average molecular weight is 228 g/mol. The number of unbranched alkanes of at least 4 members (excludes halogenated alkanes) is 1. The molecule has 1 aromatic rings. The van der Waals surface area contributed by atoms with Gasteiger partial charge in [-0.15, -0.1) is 6.58 Å². The fourth-order valence-corrected chi connectivity index (χ4v) is 1.86. The number of hydrogen-bond donors (Lipinski definition) is 0. The van der Waals surface area contributed by atoms with E-state index in [9.17, 15) is 0 Å². The van der Waals surface area contributed by atoms with E-state index in [1.54, 1.807) is 0 Å². The summed E-state index contributed by atoms with van der Waals surface area (Å²) < 4.78 is 0. The van der Waals surface area contributed by atoms with Gasteiger partial charge in [0.2, 0.25) is 0 Å². The summed E-state index contributed by atoms with van der Waals surface area (Å²) in [6, 6.07) is 10.6. The number of rotatable bonds is 4. The summed E-state index contributed by atoms with van der Waals surface area (Å²) in [6.07, 6.45) is 15.5. The first-order valence-corrected chi connectivity index (χ1v) is 6.73. The molecule has 0 aromatic heterocycles. The molecule has 0 bridgehead atoms. The zero-order valence-corrected chi connectivity index (χ0v) is 10.8. The van der Waals surface area contributed by atoms with Crippen molar-refractivity contribution in [1.82, 2.24) is 0 Å². The van der Waals surface area contributed by atoms with Gasteiger partial charge in [-0.2, -0.15) is 0 Å². The van der Waals surface area contributed by atoms with Crippen LogP contribution in [0.3, 0.4) is 0 Å². The highest BCUT2D eigenvalue weighted by Gasteiger charge is 1.88. The molecule has 0 spiro atoms. The molecule has 0 amide bonds. The Morgan fingerprint density at radius 2 is 1.65 bits per heavy atom. The van der Waals surface area contributed by atoms with Gasteiger partial charge in [0.25, 0.3) is 0 Å². The Hall–Kier alpha value is -1.30. The molecular formula is C17H24. The molecule has 0 N–H and O–H groups in total. The van der Waals surface area contributed by atoms with E-state index in [0.717, 1.165) is 6.42 Å². The van der Waals surface area contributed by atoms with Crippen molar-refractivity contribution in [3.8, 4) is 0 Å². The first-order valence-electron chi connectivity index (χ1n) is 6.73. The third-order valence-electron chi connectivity index (χ3n) is 2.87. The minimum atomic E-state index is 1.12. The van der Waals surface area contributed by atoms with Crippen LogP contribution in [0.4, 0.5) is 0 Å². The molecule has 0 nitrogen and oxygen atoms in total. The lowest BCUT2D eigenvalue weighted by molar-refractivity contribution is 0.730. The van der Waals surface area contributed by atoms with Gasteiger partial charge in [0.05, 0.1) is 0 Å². The van der Waals surface area contributed by atoms with Gasteiger partial charge in [0, 0.05) is 0 Å². The van der Waals surface area contributed by atoms with Crippen molar-refractivity contribution in [2.75, 3.05) is 0 Å². The van der Waals surface area contributed by atoms with E-state index < -0.39 is 0 Å². The summed E-state index contributed by atoms with van der Waals surface area (Å²) in [5.74, 6) is 0. The Bertz CT molecular complexity index is 300. The summed E-state index contributed by atoms with van der Waals surface area (Å²) in [6.45, 7) is 3.69. The molecule has 0 heterocycles. The Morgan fingerprint density at radius 1 is 1.00 bits per heavy atom. The van der Waals surface area contributed by atoms with Crippen molar-refractivity contribution >= 4 is 0 Å². The highest BCUT2D eigenvalue weighted by atomic mass is 13.9. The maximum atomic E-state index is 3.69. The van der Waals surface area contributed by atoms with Crippen LogP contribution in [0.2, 0.25) is 0 Å². The van der Waals surface area contributed by atoms with E-state index in [0.29, 0.717) is 0 Å². The molecule has 1 aliphatic carbocycles. The van der Waals surface area contributed by atoms with Crippen molar-refractivity contribution < 1.29 is 0 Å². The normalized spacial score (nSPS) is 13.6. The van der Waals surface area contributed by atoms with E-state index in [2.05, 4.69) is 49.1 Å². The topological polar surface area (TPSA) is 0 Å². The lowest BCUT2D eigenvalue weighted by Crippen LogP contribution is -1.82. The van der Waals surface area contributed by atoms with Crippen molar-refractivity contribution in [3.63, 3.8) is 0 Å². The summed E-state index contributed by atoms with van der Waals surface area (Å²) in [4.78, 5) is 0. The van der Waals surface area contributed by atoms with Crippen LogP contribution in [0, 0.1) is 0 Å². The second kappa shape index (κ2) is 9.89. The fourth-order valence-electron chi connectivity index (χ4n) is 1.86. The van der Waals surface area contributed by atoms with E-state index >= 15 is 0 Å². The van der Waals surface area contributed by atoms with E-state index in [4.69, 9.17) is 0 Å². The summed E-state index contributed by atoms with van der Waals surface area (Å²) in [5, 5.41) is 0. The predicted molar refractivity (Wildman–Crippen MR) is 77.2 cm³/mol. The van der Waals surface area contributed by atoms with Gasteiger partial charge in [-0.25, -0.2) is 0 Å². The molecule has 2 rings (SSSR count). The van der Waals surface area contributed by atoms with Crippen molar-refractivity contribution in [3.05, 3.63) is 60.7 Å². The number of allylic oxidation sites excluding steroid dienone is 3. The zero-order valence-electron chi connectivity index (χ0n) is 10.8. The van der Waals surface area contributed by atoms with Gasteiger partial charge >= 0.3 is 0 Å². The van der Waals surface area contributed by atoms with Crippen LogP contribution < -0.4 is 0 Å². The fraction of sp³-hybridized carbons (Fsp3) is 0.412. The zero-order chi connectivity index (χ0) is 12.2. The van der Waals surface area contributed by atoms with Crippen LogP contribution in [0.1, 0.15) is 44.1 Å². The Kier molecular flexibility index (Phi) is 8.01. The van der Waals surface area contributed by atoms with Crippen LogP contribution >= 0.6 is 0 Å². The summed E-state index contributed by atoms with van der Waals surface area (Å²) in [5.41, 5.74) is 1.43. The smallest absolute Gasteiger partial charge is 0.0276 e. The van der Waals surface area contributed by atoms with Gasteiger partial charge in [-0.05, 0) is 50.5 Å². The lowest BCUT2D eigenvalue weighted by atomic mass is 10.1. The first kappa shape index (κ1) is 13.8. The van der Waals surface area contributed by atoms with Crippen LogP contribution in [-0.4, -0.2) is 0 Å². The van der Waals surface area contributed by atoms with Crippen molar-refractivity contribution in [1.29, 1.82) is 0 Å². The molecule has 0 heteroatoms. The number of hydrogen-bond acceptors (Lipinski definition) is 0. The molecule has 0 saturated heterocycles. The van der Waals surface area contributed by atoms with Gasteiger partial charge < -0.3 is 0 Å². The summed E-state index contributed by atoms with van der Waals surface area (Å²) >= 11 is 0. The van der Waals surface area contributed by atoms with Gasteiger partial charge in [0.1, 0.15) is 0 Å².